The Morgan fingerprint density at radius 1 is 1.17 bits per heavy atom. The summed E-state index contributed by atoms with van der Waals surface area (Å²) in [4.78, 5) is 28.0. The number of hydrogen-bond acceptors (Lipinski definition) is 10. The number of carbonyl (C=O) groups excluding carboxylic acids is 1. The Kier molecular flexibility index (Phi) is 8.60. The first-order chi connectivity index (χ1) is 19.9. The molecule has 0 spiro atoms. The zero-order valence-corrected chi connectivity index (χ0v) is 23.3. The lowest BCUT2D eigenvalue weighted by molar-refractivity contribution is -0.116. The molecule has 41 heavy (non-hydrogen) atoms. The summed E-state index contributed by atoms with van der Waals surface area (Å²) in [5.41, 5.74) is 0.186. The minimum Gasteiger partial charge on any atom is -0.494 e. The fourth-order valence-corrected chi connectivity index (χ4v) is 5.36. The number of methoxy groups -OCH3 is 3. The van der Waals surface area contributed by atoms with Gasteiger partial charge in [-0.25, -0.2) is 23.7 Å². The number of rotatable bonds is 10. The second-order valence-corrected chi connectivity index (χ2v) is 10.1. The lowest BCUT2D eigenvalue weighted by Gasteiger charge is -2.31. The molecule has 1 N–H and O–H groups in total. The van der Waals surface area contributed by atoms with Gasteiger partial charge < -0.3 is 29.2 Å². The number of carbonyl (C=O) groups is 1. The first-order valence-electron chi connectivity index (χ1n) is 13.4. The minimum atomic E-state index is -0.892. The Labute approximate surface area is 236 Å². The van der Waals surface area contributed by atoms with Crippen LogP contribution in [0.25, 0.3) is 22.2 Å². The first kappa shape index (κ1) is 28.6. The SMILES string of the molecule is C=CC(=O)C[C@H]1CCOC[C@H]1Nc1ncc2cc(-c3c(F)c(OC)cc(OC)c3F)nc(N3CCC(OC)C3)c2n1. The van der Waals surface area contributed by atoms with E-state index in [1.54, 1.807) is 19.4 Å². The van der Waals surface area contributed by atoms with Crippen LogP contribution >= 0.6 is 0 Å². The number of aromatic nitrogens is 3. The van der Waals surface area contributed by atoms with Crippen LogP contribution in [0.4, 0.5) is 20.5 Å². The van der Waals surface area contributed by atoms with Crippen molar-refractivity contribution in [1.29, 1.82) is 0 Å². The summed E-state index contributed by atoms with van der Waals surface area (Å²) >= 11 is 0. The highest BCUT2D eigenvalue weighted by molar-refractivity contribution is 5.92. The molecule has 3 atom stereocenters. The number of pyridine rings is 1. The van der Waals surface area contributed by atoms with E-state index in [9.17, 15) is 4.79 Å². The molecule has 2 fully saturated rings. The van der Waals surface area contributed by atoms with E-state index >= 15 is 8.78 Å². The second-order valence-electron chi connectivity index (χ2n) is 10.1. The lowest BCUT2D eigenvalue weighted by Crippen LogP contribution is -2.40. The van der Waals surface area contributed by atoms with E-state index < -0.39 is 11.6 Å². The topological polar surface area (TPSA) is 108 Å². The molecule has 0 amide bonds. The number of nitrogens with zero attached hydrogens (tertiary/aromatic N) is 4. The Morgan fingerprint density at radius 3 is 2.59 bits per heavy atom. The van der Waals surface area contributed by atoms with E-state index in [2.05, 4.69) is 16.9 Å². The quantitative estimate of drug-likeness (QED) is 0.358. The standard InChI is InChI=1S/C29H33F2N5O5/c1-5-18(37)10-16-7-9-41-15-21(16)34-29-32-13-17-11-20(24-25(30)22(39-3)12-23(40-4)26(24)31)33-28(27(17)35-29)36-8-6-19(14-36)38-2/h5,11-13,16,19,21H,1,6-10,14-15H2,2-4H3,(H,32,34,35)/t16-,19?,21-/m1/s1. The summed E-state index contributed by atoms with van der Waals surface area (Å²) in [7, 11) is 4.24. The van der Waals surface area contributed by atoms with Crippen molar-refractivity contribution in [2.24, 2.45) is 5.92 Å². The normalized spacial score (nSPS) is 20.7. The van der Waals surface area contributed by atoms with Gasteiger partial charge in [0.05, 0.1) is 44.2 Å². The third kappa shape index (κ3) is 5.80. The Bertz CT molecular complexity index is 1430. The lowest BCUT2D eigenvalue weighted by atomic mass is 9.90. The molecule has 4 heterocycles. The Hall–Kier alpha value is -3.90. The van der Waals surface area contributed by atoms with Gasteiger partial charge in [-0.05, 0) is 30.9 Å². The predicted octanol–water partition coefficient (Wildman–Crippen LogP) is 4.17. The summed E-state index contributed by atoms with van der Waals surface area (Å²) in [5, 5.41) is 3.86. The Balaban J connectivity index is 1.59. The van der Waals surface area contributed by atoms with E-state index in [-0.39, 0.29) is 46.6 Å². The van der Waals surface area contributed by atoms with E-state index in [0.29, 0.717) is 61.8 Å². The number of hydrogen-bond donors (Lipinski definition) is 1. The van der Waals surface area contributed by atoms with Gasteiger partial charge in [-0.2, -0.15) is 0 Å². The highest BCUT2D eigenvalue weighted by atomic mass is 19.1. The number of benzene rings is 1. The number of ether oxygens (including phenoxy) is 4. The van der Waals surface area contributed by atoms with Crippen LogP contribution in [0.3, 0.4) is 0 Å². The molecule has 1 aromatic carbocycles. The monoisotopic (exact) mass is 569 g/mol. The van der Waals surface area contributed by atoms with E-state index in [1.165, 1.54) is 20.3 Å². The molecule has 2 aromatic heterocycles. The zero-order chi connectivity index (χ0) is 29.1. The predicted molar refractivity (Wildman–Crippen MR) is 150 cm³/mol. The van der Waals surface area contributed by atoms with Crippen molar-refractivity contribution in [1.82, 2.24) is 15.0 Å². The Morgan fingerprint density at radius 2 is 1.93 bits per heavy atom. The fourth-order valence-electron chi connectivity index (χ4n) is 5.36. The smallest absolute Gasteiger partial charge is 0.223 e. The van der Waals surface area contributed by atoms with Crippen molar-refractivity contribution in [3.63, 3.8) is 0 Å². The molecule has 218 valence electrons. The molecule has 2 saturated heterocycles. The van der Waals surface area contributed by atoms with Gasteiger partial charge in [-0.3, -0.25) is 4.79 Å². The molecule has 0 bridgehead atoms. The number of anilines is 2. The van der Waals surface area contributed by atoms with Crippen LogP contribution < -0.4 is 19.7 Å². The molecular weight excluding hydrogens is 536 g/mol. The molecule has 2 aliphatic rings. The third-order valence-corrected chi connectivity index (χ3v) is 7.66. The molecule has 5 rings (SSSR count). The first-order valence-corrected chi connectivity index (χ1v) is 13.4. The molecule has 0 aliphatic carbocycles. The number of fused-ring (bicyclic) bond motifs is 1. The number of ketones is 1. The number of allylic oxidation sites excluding steroid dienone is 1. The summed E-state index contributed by atoms with van der Waals surface area (Å²) in [6.07, 6.45) is 4.72. The average molecular weight is 570 g/mol. The fraction of sp³-hybridized carbons (Fsp3) is 0.448. The van der Waals surface area contributed by atoms with Crippen molar-refractivity contribution in [2.45, 2.75) is 31.4 Å². The van der Waals surface area contributed by atoms with Crippen LogP contribution in [0.2, 0.25) is 0 Å². The molecule has 0 radical (unpaired) electrons. The van der Waals surface area contributed by atoms with Crippen molar-refractivity contribution in [3.8, 4) is 22.8 Å². The van der Waals surface area contributed by atoms with Crippen molar-refractivity contribution in [3.05, 3.63) is 42.6 Å². The van der Waals surface area contributed by atoms with Gasteiger partial charge in [0.1, 0.15) is 5.52 Å². The number of halogens is 2. The van der Waals surface area contributed by atoms with Gasteiger partial charge in [0.25, 0.3) is 0 Å². The van der Waals surface area contributed by atoms with Crippen LogP contribution in [0.15, 0.2) is 31.0 Å². The summed E-state index contributed by atoms with van der Waals surface area (Å²) in [6.45, 7) is 5.70. The van der Waals surface area contributed by atoms with E-state index in [0.717, 1.165) is 12.5 Å². The molecule has 10 nitrogen and oxygen atoms in total. The van der Waals surface area contributed by atoms with E-state index in [1.807, 2.05) is 4.90 Å². The van der Waals surface area contributed by atoms with Crippen LogP contribution in [0.5, 0.6) is 11.5 Å². The van der Waals surface area contributed by atoms with Crippen molar-refractivity contribution < 1.29 is 32.5 Å². The zero-order valence-electron chi connectivity index (χ0n) is 23.3. The molecule has 2 aliphatic heterocycles. The van der Waals surface area contributed by atoms with Crippen molar-refractivity contribution >= 4 is 28.5 Å². The molecule has 3 aromatic rings. The highest BCUT2D eigenvalue weighted by Gasteiger charge is 2.30. The maximum Gasteiger partial charge on any atom is 0.223 e. The van der Waals surface area contributed by atoms with Gasteiger partial charge in [-0.15, -0.1) is 0 Å². The van der Waals surface area contributed by atoms with Crippen LogP contribution in [-0.2, 0) is 14.3 Å². The van der Waals surface area contributed by atoms with Gasteiger partial charge in [0.2, 0.25) is 5.95 Å². The largest absolute Gasteiger partial charge is 0.494 e. The summed E-state index contributed by atoms with van der Waals surface area (Å²) in [6, 6.07) is 2.52. The number of nitrogens with one attached hydrogen (secondary N) is 1. The molecule has 0 saturated carbocycles. The van der Waals surface area contributed by atoms with Crippen LogP contribution in [0, 0.1) is 17.6 Å². The highest BCUT2D eigenvalue weighted by Crippen LogP contribution is 2.39. The second kappa shape index (κ2) is 12.3. The van der Waals surface area contributed by atoms with E-state index in [4.69, 9.17) is 28.9 Å². The minimum absolute atomic E-state index is 0.0251. The van der Waals surface area contributed by atoms with Crippen LogP contribution in [0.1, 0.15) is 19.3 Å². The van der Waals surface area contributed by atoms with Gasteiger partial charge in [-0.1, -0.05) is 6.58 Å². The maximum atomic E-state index is 15.5. The third-order valence-electron chi connectivity index (χ3n) is 7.66. The average Bonchev–Trinajstić information content (AvgIpc) is 3.47. The van der Waals surface area contributed by atoms with Gasteiger partial charge in [0, 0.05) is 50.9 Å². The van der Waals surface area contributed by atoms with Gasteiger partial charge in [0.15, 0.2) is 34.7 Å². The summed E-state index contributed by atoms with van der Waals surface area (Å²) < 4.78 is 52.4. The van der Waals surface area contributed by atoms with Crippen LogP contribution in [-0.4, -0.2) is 80.5 Å². The van der Waals surface area contributed by atoms with Gasteiger partial charge >= 0.3 is 0 Å². The maximum absolute atomic E-state index is 15.5. The molecular formula is C29H33F2N5O5. The molecule has 1 unspecified atom stereocenters. The van der Waals surface area contributed by atoms with Crippen molar-refractivity contribution in [2.75, 3.05) is 57.8 Å². The summed E-state index contributed by atoms with van der Waals surface area (Å²) in [5.74, 6) is -1.34. The molecule has 12 heteroatoms.